The summed E-state index contributed by atoms with van der Waals surface area (Å²) in [7, 11) is 0. The average molecular weight is 260 g/mol. The lowest BCUT2D eigenvalue weighted by Gasteiger charge is -2.32. The van der Waals surface area contributed by atoms with Gasteiger partial charge in [0.25, 0.3) is 0 Å². The summed E-state index contributed by atoms with van der Waals surface area (Å²) in [6, 6.07) is 0. The molecule has 2 nitrogen and oxygen atoms in total. The lowest BCUT2D eigenvalue weighted by atomic mass is 9.82. The Labute approximate surface area is 111 Å². The predicted octanol–water partition coefficient (Wildman–Crippen LogP) is 4.38. The van der Waals surface area contributed by atoms with Crippen molar-refractivity contribution in [3.05, 3.63) is 0 Å². The lowest BCUT2D eigenvalue weighted by Crippen LogP contribution is -2.39. The van der Waals surface area contributed by atoms with Crippen LogP contribution in [-0.4, -0.2) is 18.7 Å². The maximum absolute atomic E-state index is 13.3. The Kier molecular flexibility index (Phi) is 7.49. The number of hydrogen-bond acceptors (Lipinski definition) is 2. The lowest BCUT2D eigenvalue weighted by molar-refractivity contribution is -0.168. The zero-order valence-corrected chi connectivity index (χ0v) is 12.8. The highest BCUT2D eigenvalue weighted by atomic mass is 19.1. The van der Waals surface area contributed by atoms with E-state index in [0.717, 1.165) is 6.42 Å². The molecule has 0 amide bonds. The van der Waals surface area contributed by atoms with E-state index in [1.807, 2.05) is 41.5 Å². The first kappa shape index (κ1) is 17.4. The summed E-state index contributed by atoms with van der Waals surface area (Å²) in [4.78, 5) is 12.3. The molecule has 0 aromatic carbocycles. The number of halogens is 1. The molecular weight excluding hydrogens is 231 g/mol. The highest BCUT2D eigenvalue weighted by Crippen LogP contribution is 2.32. The van der Waals surface area contributed by atoms with Gasteiger partial charge in [0.15, 0.2) is 0 Å². The van der Waals surface area contributed by atoms with Crippen molar-refractivity contribution in [1.82, 2.24) is 0 Å². The molecule has 0 rings (SSSR count). The minimum Gasteiger partial charge on any atom is -0.461 e. The standard InChI is InChI=1S/C15H29FO2/c1-7-9-15(8-2,10-16)14(17)18-13(11(3)4)12(5)6/h11-13H,7-10H2,1-6H3. The quantitative estimate of drug-likeness (QED) is 0.605. The van der Waals surface area contributed by atoms with Crippen LogP contribution in [0, 0.1) is 17.3 Å². The molecule has 0 spiro atoms. The molecular formula is C15H29FO2. The van der Waals surface area contributed by atoms with E-state index >= 15 is 0 Å². The summed E-state index contributed by atoms with van der Waals surface area (Å²) in [5.74, 6) is 0.149. The van der Waals surface area contributed by atoms with Gasteiger partial charge in [-0.05, 0) is 24.7 Å². The second-order valence-corrected chi connectivity index (χ2v) is 5.88. The highest BCUT2D eigenvalue weighted by Gasteiger charge is 2.39. The van der Waals surface area contributed by atoms with E-state index in [2.05, 4.69) is 0 Å². The van der Waals surface area contributed by atoms with Crippen LogP contribution in [0.15, 0.2) is 0 Å². The Morgan fingerprint density at radius 1 is 1.17 bits per heavy atom. The van der Waals surface area contributed by atoms with Gasteiger partial charge in [-0.15, -0.1) is 0 Å². The zero-order valence-electron chi connectivity index (χ0n) is 12.8. The molecule has 1 atom stereocenters. The number of carbonyl (C=O) groups is 1. The minimum absolute atomic E-state index is 0.133. The number of esters is 1. The van der Waals surface area contributed by atoms with Crippen LogP contribution in [-0.2, 0) is 9.53 Å². The summed E-state index contributed by atoms with van der Waals surface area (Å²) < 4.78 is 18.9. The monoisotopic (exact) mass is 260 g/mol. The van der Waals surface area contributed by atoms with Crippen molar-refractivity contribution < 1.29 is 13.9 Å². The van der Waals surface area contributed by atoms with Gasteiger partial charge in [0.1, 0.15) is 12.8 Å². The van der Waals surface area contributed by atoms with E-state index in [1.165, 1.54) is 0 Å². The molecule has 0 bridgehead atoms. The first-order valence-electron chi connectivity index (χ1n) is 7.11. The first-order valence-corrected chi connectivity index (χ1v) is 7.11. The number of ether oxygens (including phenoxy) is 1. The van der Waals surface area contributed by atoms with Gasteiger partial charge >= 0.3 is 5.97 Å². The Bertz CT molecular complexity index is 237. The van der Waals surface area contributed by atoms with Crippen LogP contribution in [0.5, 0.6) is 0 Å². The fourth-order valence-corrected chi connectivity index (χ4v) is 2.41. The first-order chi connectivity index (χ1) is 8.34. The van der Waals surface area contributed by atoms with Gasteiger partial charge in [-0.2, -0.15) is 0 Å². The van der Waals surface area contributed by atoms with Gasteiger partial charge in [0.2, 0.25) is 0 Å². The van der Waals surface area contributed by atoms with Crippen LogP contribution in [0.1, 0.15) is 60.8 Å². The van der Waals surface area contributed by atoms with Crippen molar-refractivity contribution in [3.8, 4) is 0 Å². The van der Waals surface area contributed by atoms with Gasteiger partial charge in [0.05, 0.1) is 5.41 Å². The molecule has 0 aromatic heterocycles. The van der Waals surface area contributed by atoms with Crippen molar-refractivity contribution in [1.29, 1.82) is 0 Å². The van der Waals surface area contributed by atoms with Crippen molar-refractivity contribution in [2.45, 2.75) is 66.9 Å². The van der Waals surface area contributed by atoms with Gasteiger partial charge in [-0.25, -0.2) is 4.39 Å². The Morgan fingerprint density at radius 3 is 1.94 bits per heavy atom. The molecule has 108 valence electrons. The maximum atomic E-state index is 13.3. The molecule has 0 N–H and O–H groups in total. The molecule has 0 aromatic rings. The van der Waals surface area contributed by atoms with Crippen molar-refractivity contribution in [3.63, 3.8) is 0 Å². The summed E-state index contributed by atoms with van der Waals surface area (Å²) in [6.07, 6.45) is 1.72. The summed E-state index contributed by atoms with van der Waals surface area (Å²) in [5.41, 5.74) is -0.934. The van der Waals surface area contributed by atoms with Gasteiger partial charge < -0.3 is 4.74 Å². The third-order valence-corrected chi connectivity index (χ3v) is 3.65. The average Bonchev–Trinajstić information content (AvgIpc) is 2.31. The van der Waals surface area contributed by atoms with Crippen LogP contribution in [0.2, 0.25) is 0 Å². The largest absolute Gasteiger partial charge is 0.461 e. The molecule has 0 heterocycles. The highest BCUT2D eigenvalue weighted by molar-refractivity contribution is 5.77. The molecule has 0 aliphatic rings. The van der Waals surface area contributed by atoms with Gasteiger partial charge in [-0.1, -0.05) is 48.0 Å². The van der Waals surface area contributed by atoms with Gasteiger partial charge in [-0.3, -0.25) is 4.79 Å². The van der Waals surface area contributed by atoms with Crippen molar-refractivity contribution in [2.24, 2.45) is 17.3 Å². The Balaban J connectivity index is 4.88. The SMILES string of the molecule is CCCC(CC)(CF)C(=O)OC(C(C)C)C(C)C. The zero-order chi connectivity index (χ0) is 14.3. The smallest absolute Gasteiger partial charge is 0.315 e. The van der Waals surface area contributed by atoms with Crippen LogP contribution in [0.4, 0.5) is 4.39 Å². The number of rotatable bonds is 8. The molecule has 0 saturated heterocycles. The summed E-state index contributed by atoms with van der Waals surface area (Å²) in [6.45, 7) is 11.3. The molecule has 0 radical (unpaired) electrons. The summed E-state index contributed by atoms with van der Waals surface area (Å²) in [5, 5.41) is 0. The molecule has 0 aliphatic heterocycles. The number of alkyl halides is 1. The Morgan fingerprint density at radius 2 is 1.67 bits per heavy atom. The predicted molar refractivity (Wildman–Crippen MR) is 73.2 cm³/mol. The van der Waals surface area contributed by atoms with Gasteiger partial charge in [0, 0.05) is 0 Å². The third kappa shape index (κ3) is 4.25. The molecule has 0 fully saturated rings. The van der Waals surface area contributed by atoms with Crippen LogP contribution in [0.25, 0.3) is 0 Å². The summed E-state index contributed by atoms with van der Waals surface area (Å²) >= 11 is 0. The topological polar surface area (TPSA) is 26.3 Å². The normalized spacial score (nSPS) is 15.2. The molecule has 0 aliphatic carbocycles. The van der Waals surface area contributed by atoms with Crippen molar-refractivity contribution in [2.75, 3.05) is 6.67 Å². The second-order valence-electron chi connectivity index (χ2n) is 5.88. The van der Waals surface area contributed by atoms with E-state index < -0.39 is 12.1 Å². The van der Waals surface area contributed by atoms with Crippen LogP contribution < -0.4 is 0 Å². The molecule has 1 unspecified atom stereocenters. The van der Waals surface area contributed by atoms with E-state index in [9.17, 15) is 9.18 Å². The number of carbonyl (C=O) groups excluding carboxylic acids is 1. The second kappa shape index (κ2) is 7.75. The van der Waals surface area contributed by atoms with E-state index in [-0.39, 0.29) is 23.9 Å². The molecule has 3 heteroatoms. The molecule has 18 heavy (non-hydrogen) atoms. The third-order valence-electron chi connectivity index (χ3n) is 3.65. The van der Waals surface area contributed by atoms with Crippen LogP contribution >= 0.6 is 0 Å². The fourth-order valence-electron chi connectivity index (χ4n) is 2.41. The van der Waals surface area contributed by atoms with E-state index in [0.29, 0.717) is 12.8 Å². The Hall–Kier alpha value is -0.600. The van der Waals surface area contributed by atoms with E-state index in [4.69, 9.17) is 4.74 Å². The van der Waals surface area contributed by atoms with Crippen LogP contribution in [0.3, 0.4) is 0 Å². The van der Waals surface area contributed by atoms with E-state index in [1.54, 1.807) is 0 Å². The van der Waals surface area contributed by atoms with Crippen molar-refractivity contribution >= 4 is 5.97 Å². The minimum atomic E-state index is -0.934. The number of hydrogen-bond donors (Lipinski definition) is 0. The fraction of sp³-hybridized carbons (Fsp3) is 0.933. The molecule has 0 saturated carbocycles. The maximum Gasteiger partial charge on any atom is 0.315 e.